The number of pyridine rings is 1. The number of anilines is 1. The highest BCUT2D eigenvalue weighted by molar-refractivity contribution is 7.92. The molecule has 3 rings (SSSR count). The molecule has 23 heavy (non-hydrogen) atoms. The van der Waals surface area contributed by atoms with E-state index in [0.29, 0.717) is 12.4 Å². The number of nitrogens with one attached hydrogen (secondary N) is 1. The van der Waals surface area contributed by atoms with Crippen LogP contribution in [0.3, 0.4) is 0 Å². The van der Waals surface area contributed by atoms with E-state index in [4.69, 9.17) is 21.6 Å². The fourth-order valence-electron chi connectivity index (χ4n) is 2.31. The van der Waals surface area contributed by atoms with Gasteiger partial charge in [-0.3, -0.25) is 4.72 Å². The van der Waals surface area contributed by atoms with Gasteiger partial charge < -0.3 is 4.74 Å². The van der Waals surface area contributed by atoms with Gasteiger partial charge in [-0.05, 0) is 42.7 Å². The van der Waals surface area contributed by atoms with Crippen LogP contribution in [0.2, 0.25) is 5.15 Å². The maximum Gasteiger partial charge on any atom is 0.261 e. The van der Waals surface area contributed by atoms with Crippen molar-refractivity contribution >= 4 is 27.3 Å². The molecule has 1 aliphatic rings. The van der Waals surface area contributed by atoms with Gasteiger partial charge in [0.15, 0.2) is 0 Å². The molecule has 0 unspecified atom stereocenters. The zero-order valence-corrected chi connectivity index (χ0v) is 13.5. The lowest BCUT2D eigenvalue weighted by Gasteiger charge is -2.18. The second-order valence-electron chi connectivity index (χ2n) is 4.99. The molecule has 6 nitrogen and oxygen atoms in total. The minimum absolute atomic E-state index is 0.0888. The molecule has 1 aliphatic heterocycles. The molecule has 0 aliphatic carbocycles. The highest BCUT2D eigenvalue weighted by Gasteiger charge is 2.20. The van der Waals surface area contributed by atoms with Crippen LogP contribution < -0.4 is 9.46 Å². The predicted molar refractivity (Wildman–Crippen MR) is 85.0 cm³/mol. The topological polar surface area (TPSA) is 92.1 Å². The summed E-state index contributed by atoms with van der Waals surface area (Å²) in [5.41, 5.74) is 1.05. The van der Waals surface area contributed by atoms with Gasteiger partial charge in [0, 0.05) is 0 Å². The Morgan fingerprint density at radius 1 is 1.35 bits per heavy atom. The number of hydrogen-bond acceptors (Lipinski definition) is 5. The molecule has 0 atom stereocenters. The quantitative estimate of drug-likeness (QED) is 0.860. The zero-order valence-electron chi connectivity index (χ0n) is 11.9. The number of fused-ring (bicyclic) bond motifs is 1. The Labute approximate surface area is 138 Å². The van der Waals surface area contributed by atoms with E-state index in [1.807, 2.05) is 6.07 Å². The van der Waals surface area contributed by atoms with Crippen LogP contribution in [0.15, 0.2) is 35.4 Å². The molecule has 2 aromatic rings. The van der Waals surface area contributed by atoms with Gasteiger partial charge in [-0.25, -0.2) is 13.4 Å². The number of nitrogens with zero attached hydrogens (tertiary/aromatic N) is 2. The Morgan fingerprint density at radius 3 is 2.96 bits per heavy atom. The number of nitriles is 1. The first-order chi connectivity index (χ1) is 11.0. The number of aromatic nitrogens is 1. The summed E-state index contributed by atoms with van der Waals surface area (Å²) in [5, 5.41) is 9.20. The van der Waals surface area contributed by atoms with E-state index in [1.54, 1.807) is 12.1 Å². The van der Waals surface area contributed by atoms with E-state index in [1.165, 1.54) is 18.3 Å². The van der Waals surface area contributed by atoms with Crippen LogP contribution in [0.1, 0.15) is 17.5 Å². The van der Waals surface area contributed by atoms with Crippen molar-refractivity contribution in [1.82, 2.24) is 4.98 Å². The van der Waals surface area contributed by atoms with Crippen molar-refractivity contribution in [2.45, 2.75) is 17.7 Å². The van der Waals surface area contributed by atoms with Crippen LogP contribution in [-0.4, -0.2) is 20.0 Å². The number of aryl methyl sites for hydroxylation is 1. The molecule has 8 heteroatoms. The van der Waals surface area contributed by atoms with E-state index >= 15 is 0 Å². The Balaban J connectivity index is 1.95. The summed E-state index contributed by atoms with van der Waals surface area (Å²) in [7, 11) is -3.83. The van der Waals surface area contributed by atoms with Crippen LogP contribution in [0.5, 0.6) is 5.75 Å². The predicted octanol–water partition coefficient (Wildman–Crippen LogP) is 2.73. The maximum absolute atomic E-state index is 12.5. The van der Waals surface area contributed by atoms with Crippen LogP contribution in [-0.2, 0) is 16.4 Å². The van der Waals surface area contributed by atoms with Gasteiger partial charge >= 0.3 is 0 Å². The third-order valence-electron chi connectivity index (χ3n) is 3.43. The van der Waals surface area contributed by atoms with Crippen molar-refractivity contribution in [3.63, 3.8) is 0 Å². The highest BCUT2D eigenvalue weighted by Crippen LogP contribution is 2.28. The number of benzene rings is 1. The first-order valence-corrected chi connectivity index (χ1v) is 8.70. The van der Waals surface area contributed by atoms with Gasteiger partial charge in [0.05, 0.1) is 29.0 Å². The molecule has 0 saturated heterocycles. The summed E-state index contributed by atoms with van der Waals surface area (Å²) < 4.78 is 32.9. The van der Waals surface area contributed by atoms with Crippen LogP contribution in [0, 0.1) is 11.3 Å². The largest absolute Gasteiger partial charge is 0.493 e. The molecule has 118 valence electrons. The Morgan fingerprint density at radius 2 is 2.17 bits per heavy atom. The smallest absolute Gasteiger partial charge is 0.261 e. The van der Waals surface area contributed by atoms with Gasteiger partial charge in [-0.15, -0.1) is 0 Å². The molecule has 0 radical (unpaired) electrons. The molecule has 0 amide bonds. The average molecular weight is 350 g/mol. The van der Waals surface area contributed by atoms with Crippen molar-refractivity contribution < 1.29 is 13.2 Å². The molecule has 0 saturated carbocycles. The lowest BCUT2D eigenvalue weighted by atomic mass is 10.1. The number of rotatable bonds is 3. The van der Waals surface area contributed by atoms with Gasteiger partial charge in [-0.2, -0.15) is 5.26 Å². The fourth-order valence-corrected chi connectivity index (χ4v) is 3.58. The summed E-state index contributed by atoms with van der Waals surface area (Å²) in [6, 6.07) is 7.91. The summed E-state index contributed by atoms with van der Waals surface area (Å²) in [4.78, 5) is 3.91. The zero-order chi connectivity index (χ0) is 16.4. The van der Waals surface area contributed by atoms with Gasteiger partial charge in [0.1, 0.15) is 17.0 Å². The lowest BCUT2D eigenvalue weighted by Crippen LogP contribution is -2.15. The molecule has 0 fully saturated rings. The molecule has 1 N–H and O–H groups in total. The van der Waals surface area contributed by atoms with E-state index in [9.17, 15) is 8.42 Å². The Bertz CT molecular complexity index is 907. The van der Waals surface area contributed by atoms with E-state index in [2.05, 4.69) is 9.71 Å². The van der Waals surface area contributed by atoms with Gasteiger partial charge in [0.25, 0.3) is 10.0 Å². The minimum atomic E-state index is -3.83. The lowest BCUT2D eigenvalue weighted by molar-refractivity contribution is 0.288. The molecule has 0 bridgehead atoms. The SMILES string of the molecule is N#Cc1cc(Cl)ncc1NS(=O)(=O)c1ccc2c(c1)CCCO2. The van der Waals surface area contributed by atoms with Crippen molar-refractivity contribution in [1.29, 1.82) is 5.26 Å². The number of ether oxygens (including phenoxy) is 1. The van der Waals surface area contributed by atoms with Crippen LogP contribution in [0.4, 0.5) is 5.69 Å². The monoisotopic (exact) mass is 349 g/mol. The number of halogens is 1. The fraction of sp³-hybridized carbons (Fsp3) is 0.200. The molecule has 0 spiro atoms. The number of hydrogen-bond donors (Lipinski definition) is 1. The summed E-state index contributed by atoms with van der Waals surface area (Å²) in [6.45, 7) is 0.638. The Hall–Kier alpha value is -2.30. The standard InChI is InChI=1S/C15H12ClN3O3S/c16-15-7-11(8-17)13(9-18-15)19-23(20,21)12-3-4-14-10(6-12)2-1-5-22-14/h3-4,6-7,9,19H,1-2,5H2. The van der Waals surface area contributed by atoms with E-state index in [0.717, 1.165) is 18.4 Å². The first kappa shape index (κ1) is 15.6. The molecule has 2 heterocycles. The molecular formula is C15H12ClN3O3S. The third kappa shape index (κ3) is 3.23. The second-order valence-corrected chi connectivity index (χ2v) is 7.06. The molecular weight excluding hydrogens is 338 g/mol. The summed E-state index contributed by atoms with van der Waals surface area (Å²) >= 11 is 5.71. The second kappa shape index (κ2) is 6.07. The van der Waals surface area contributed by atoms with E-state index < -0.39 is 10.0 Å². The average Bonchev–Trinajstić information content (AvgIpc) is 2.55. The van der Waals surface area contributed by atoms with Crippen LogP contribution in [0.25, 0.3) is 0 Å². The van der Waals surface area contributed by atoms with E-state index in [-0.39, 0.29) is 21.3 Å². The van der Waals surface area contributed by atoms with Crippen LogP contribution >= 0.6 is 11.6 Å². The molecule has 1 aromatic heterocycles. The van der Waals surface area contributed by atoms with Gasteiger partial charge in [0.2, 0.25) is 0 Å². The van der Waals surface area contributed by atoms with Crippen molar-refractivity contribution in [2.75, 3.05) is 11.3 Å². The first-order valence-electron chi connectivity index (χ1n) is 6.84. The van der Waals surface area contributed by atoms with Gasteiger partial charge in [-0.1, -0.05) is 11.6 Å². The normalized spacial score (nSPS) is 13.6. The Kier molecular flexibility index (Phi) is 4.11. The van der Waals surface area contributed by atoms with Crippen molar-refractivity contribution in [2.24, 2.45) is 0 Å². The third-order valence-corrected chi connectivity index (χ3v) is 5.00. The number of sulfonamides is 1. The van der Waals surface area contributed by atoms with Crippen molar-refractivity contribution in [3.8, 4) is 11.8 Å². The van der Waals surface area contributed by atoms with Crippen molar-refractivity contribution in [3.05, 3.63) is 46.7 Å². The summed E-state index contributed by atoms with van der Waals surface area (Å²) in [6.07, 6.45) is 2.84. The maximum atomic E-state index is 12.5. The highest BCUT2D eigenvalue weighted by atomic mass is 35.5. The summed E-state index contributed by atoms with van der Waals surface area (Å²) in [5.74, 6) is 0.709. The molecule has 1 aromatic carbocycles. The minimum Gasteiger partial charge on any atom is -0.493 e.